The molecule has 0 aliphatic heterocycles. The number of phenolic OH excluding ortho intramolecular Hbond substituents is 2. The second kappa shape index (κ2) is 8.87. The van der Waals surface area contributed by atoms with Crippen LogP contribution in [0, 0.1) is 0 Å². The molecule has 0 saturated carbocycles. The van der Waals surface area contributed by atoms with Crippen LogP contribution >= 0.6 is 0 Å². The Morgan fingerprint density at radius 3 is 2.42 bits per heavy atom. The van der Waals surface area contributed by atoms with Crippen LogP contribution in [0.2, 0.25) is 0 Å². The predicted molar refractivity (Wildman–Crippen MR) is 93.7 cm³/mol. The summed E-state index contributed by atoms with van der Waals surface area (Å²) < 4.78 is 10.3. The van der Waals surface area contributed by atoms with Gasteiger partial charge in [0.25, 0.3) is 0 Å². The van der Waals surface area contributed by atoms with E-state index in [4.69, 9.17) is 15.2 Å². The number of rotatable bonds is 7. The van der Waals surface area contributed by atoms with Crippen LogP contribution in [-0.4, -0.2) is 40.9 Å². The van der Waals surface area contributed by atoms with Gasteiger partial charge in [0.1, 0.15) is 18.8 Å². The summed E-state index contributed by atoms with van der Waals surface area (Å²) in [5.41, 5.74) is 6.78. The van der Waals surface area contributed by atoms with Gasteiger partial charge in [0.2, 0.25) is 0 Å². The molecule has 2 aromatic carbocycles. The van der Waals surface area contributed by atoms with Gasteiger partial charge >= 0.3 is 11.9 Å². The van der Waals surface area contributed by atoms with Crippen molar-refractivity contribution in [2.75, 3.05) is 6.61 Å². The molecule has 0 aliphatic rings. The first kappa shape index (κ1) is 19.3. The first-order chi connectivity index (χ1) is 12.4. The fourth-order valence-corrected chi connectivity index (χ4v) is 2.20. The molecule has 0 saturated heterocycles. The summed E-state index contributed by atoms with van der Waals surface area (Å²) >= 11 is 0. The minimum absolute atomic E-state index is 0.119. The van der Waals surface area contributed by atoms with Crippen LogP contribution in [0.3, 0.4) is 0 Å². The monoisotopic (exact) mass is 359 g/mol. The van der Waals surface area contributed by atoms with E-state index in [0.717, 1.165) is 0 Å². The fraction of sp³-hybridized carbons (Fsp3) is 0.263. The lowest BCUT2D eigenvalue weighted by molar-refractivity contribution is -0.148. The highest BCUT2D eigenvalue weighted by Gasteiger charge is 2.19. The number of phenols is 2. The molecule has 0 fully saturated rings. The van der Waals surface area contributed by atoms with E-state index in [0.29, 0.717) is 11.1 Å². The standard InChI is InChI=1S/C19H21NO6/c1-12(26-18(23)14-5-3-2-4-6-14)11-25-19(24)15(20)9-13-7-8-16(21)17(22)10-13/h2-8,10,12,15,21-22H,9,11,20H2,1H3/t12-,15-/m1/s1. The van der Waals surface area contributed by atoms with Crippen molar-refractivity contribution in [3.8, 4) is 11.5 Å². The first-order valence-electron chi connectivity index (χ1n) is 8.06. The second-order valence-corrected chi connectivity index (χ2v) is 5.85. The molecule has 0 unspecified atom stereocenters. The maximum atomic E-state index is 12.0. The van der Waals surface area contributed by atoms with E-state index < -0.39 is 24.1 Å². The largest absolute Gasteiger partial charge is 0.504 e. The highest BCUT2D eigenvalue weighted by molar-refractivity contribution is 5.89. The molecule has 0 aromatic heterocycles. The smallest absolute Gasteiger partial charge is 0.338 e. The van der Waals surface area contributed by atoms with Gasteiger partial charge in [-0.1, -0.05) is 24.3 Å². The Morgan fingerprint density at radius 1 is 1.08 bits per heavy atom. The number of aromatic hydroxyl groups is 2. The van der Waals surface area contributed by atoms with E-state index in [1.807, 2.05) is 0 Å². The molecule has 0 heterocycles. The number of carbonyl (C=O) groups excluding carboxylic acids is 2. The van der Waals surface area contributed by atoms with Gasteiger partial charge in [-0.2, -0.15) is 0 Å². The number of hydrogen-bond acceptors (Lipinski definition) is 7. The average Bonchev–Trinajstić information content (AvgIpc) is 2.63. The summed E-state index contributed by atoms with van der Waals surface area (Å²) in [5, 5.41) is 18.7. The third-order valence-electron chi connectivity index (χ3n) is 3.58. The van der Waals surface area contributed by atoms with Crippen molar-refractivity contribution in [2.45, 2.75) is 25.5 Å². The molecule has 2 aromatic rings. The maximum Gasteiger partial charge on any atom is 0.338 e. The van der Waals surface area contributed by atoms with Crippen molar-refractivity contribution in [3.63, 3.8) is 0 Å². The van der Waals surface area contributed by atoms with Crippen molar-refractivity contribution < 1.29 is 29.3 Å². The zero-order chi connectivity index (χ0) is 19.1. The molecule has 0 radical (unpaired) electrons. The van der Waals surface area contributed by atoms with Gasteiger partial charge < -0.3 is 25.4 Å². The molecular weight excluding hydrogens is 338 g/mol. The molecule has 0 aliphatic carbocycles. The van der Waals surface area contributed by atoms with E-state index in [2.05, 4.69) is 0 Å². The Hall–Kier alpha value is -3.06. The van der Waals surface area contributed by atoms with Crippen molar-refractivity contribution in [1.29, 1.82) is 0 Å². The van der Waals surface area contributed by atoms with Crippen LogP contribution in [0.15, 0.2) is 48.5 Å². The van der Waals surface area contributed by atoms with Gasteiger partial charge in [-0.05, 0) is 43.2 Å². The number of nitrogens with two attached hydrogens (primary N) is 1. The van der Waals surface area contributed by atoms with Gasteiger partial charge in [-0.3, -0.25) is 4.79 Å². The number of carbonyl (C=O) groups is 2. The average molecular weight is 359 g/mol. The van der Waals surface area contributed by atoms with E-state index in [1.54, 1.807) is 43.3 Å². The second-order valence-electron chi connectivity index (χ2n) is 5.85. The molecule has 0 spiro atoms. The highest BCUT2D eigenvalue weighted by Crippen LogP contribution is 2.25. The Balaban J connectivity index is 1.79. The third-order valence-corrected chi connectivity index (χ3v) is 3.58. The van der Waals surface area contributed by atoms with E-state index >= 15 is 0 Å². The Bertz CT molecular complexity index is 762. The van der Waals surface area contributed by atoms with Crippen LogP contribution in [0.4, 0.5) is 0 Å². The van der Waals surface area contributed by atoms with Gasteiger partial charge in [-0.25, -0.2) is 4.79 Å². The van der Waals surface area contributed by atoms with Crippen LogP contribution in [-0.2, 0) is 20.7 Å². The fourth-order valence-electron chi connectivity index (χ4n) is 2.20. The quantitative estimate of drug-likeness (QED) is 0.509. The predicted octanol–water partition coefficient (Wildman–Crippen LogP) is 1.76. The molecule has 2 rings (SSSR count). The van der Waals surface area contributed by atoms with Crippen molar-refractivity contribution in [1.82, 2.24) is 0 Å². The summed E-state index contributed by atoms with van der Waals surface area (Å²) in [6, 6.07) is 11.7. The number of hydrogen-bond donors (Lipinski definition) is 3. The van der Waals surface area contributed by atoms with Crippen LogP contribution in [0.5, 0.6) is 11.5 Å². The minimum atomic E-state index is -0.948. The van der Waals surface area contributed by atoms with Gasteiger partial charge in [0, 0.05) is 0 Å². The maximum absolute atomic E-state index is 12.0. The van der Waals surface area contributed by atoms with Gasteiger partial charge in [0.05, 0.1) is 5.56 Å². The molecule has 138 valence electrons. The lowest BCUT2D eigenvalue weighted by atomic mass is 10.1. The molecule has 7 nitrogen and oxygen atoms in total. The summed E-state index contributed by atoms with van der Waals surface area (Å²) in [7, 11) is 0. The van der Waals surface area contributed by atoms with Crippen molar-refractivity contribution >= 4 is 11.9 Å². The van der Waals surface area contributed by atoms with Crippen LogP contribution in [0.1, 0.15) is 22.8 Å². The Morgan fingerprint density at radius 2 is 1.77 bits per heavy atom. The Labute approximate surface area is 151 Å². The molecule has 26 heavy (non-hydrogen) atoms. The van der Waals surface area contributed by atoms with Gasteiger partial charge in [0.15, 0.2) is 11.5 Å². The summed E-state index contributed by atoms with van der Waals surface area (Å²) in [4.78, 5) is 23.9. The highest BCUT2D eigenvalue weighted by atomic mass is 16.6. The van der Waals surface area contributed by atoms with E-state index in [-0.39, 0.29) is 24.5 Å². The SMILES string of the molecule is C[C@H](COC(=O)[C@H](N)Cc1ccc(O)c(O)c1)OC(=O)c1ccccc1. The molecule has 4 N–H and O–H groups in total. The van der Waals surface area contributed by atoms with E-state index in [9.17, 15) is 19.8 Å². The number of ether oxygens (including phenoxy) is 2. The summed E-state index contributed by atoms with van der Waals surface area (Å²) in [6.45, 7) is 1.49. The number of benzene rings is 2. The zero-order valence-electron chi connectivity index (χ0n) is 14.3. The first-order valence-corrected chi connectivity index (χ1v) is 8.06. The Kier molecular flexibility index (Phi) is 6.57. The van der Waals surface area contributed by atoms with Crippen LogP contribution < -0.4 is 5.73 Å². The lowest BCUT2D eigenvalue weighted by Gasteiger charge is -2.16. The molecule has 2 atom stereocenters. The summed E-state index contributed by atoms with van der Waals surface area (Å²) in [6.07, 6.45) is -0.498. The van der Waals surface area contributed by atoms with E-state index in [1.165, 1.54) is 12.1 Å². The normalized spacial score (nSPS) is 12.8. The zero-order valence-corrected chi connectivity index (χ0v) is 14.3. The molecule has 0 bridgehead atoms. The summed E-state index contributed by atoms with van der Waals surface area (Å²) in [5.74, 6) is -1.69. The number of esters is 2. The van der Waals surface area contributed by atoms with Crippen molar-refractivity contribution in [3.05, 3.63) is 59.7 Å². The third kappa shape index (κ3) is 5.49. The molecular formula is C19H21NO6. The topological polar surface area (TPSA) is 119 Å². The van der Waals surface area contributed by atoms with Crippen LogP contribution in [0.25, 0.3) is 0 Å². The molecule has 0 amide bonds. The lowest BCUT2D eigenvalue weighted by Crippen LogP contribution is -2.36. The van der Waals surface area contributed by atoms with Crippen molar-refractivity contribution in [2.24, 2.45) is 5.73 Å². The minimum Gasteiger partial charge on any atom is -0.504 e. The molecule has 7 heteroatoms. The van der Waals surface area contributed by atoms with Gasteiger partial charge in [-0.15, -0.1) is 0 Å².